The van der Waals surface area contributed by atoms with Crippen LogP contribution >= 0.6 is 0 Å². The lowest BCUT2D eigenvalue weighted by Crippen LogP contribution is -2.17. The Balaban J connectivity index is 2.26. The van der Waals surface area contributed by atoms with Crippen molar-refractivity contribution in [3.8, 4) is 0 Å². The highest BCUT2D eigenvalue weighted by molar-refractivity contribution is 5.37. The van der Waals surface area contributed by atoms with Crippen molar-refractivity contribution in [3.63, 3.8) is 0 Å². The van der Waals surface area contributed by atoms with Gasteiger partial charge >= 0.3 is 0 Å². The largest absolute Gasteiger partial charge is 0.438 e. The van der Waals surface area contributed by atoms with Gasteiger partial charge in [-0.15, -0.1) is 0 Å². The Morgan fingerprint density at radius 2 is 1.37 bits per heavy atom. The molecule has 0 aromatic heterocycles. The lowest BCUT2D eigenvalue weighted by atomic mass is 10.0. The van der Waals surface area contributed by atoms with Crippen LogP contribution in [0.2, 0.25) is 0 Å². The normalized spacial score (nSPS) is 12.1. The van der Waals surface area contributed by atoms with Crippen LogP contribution in [0.25, 0.3) is 0 Å². The van der Waals surface area contributed by atoms with E-state index in [1.54, 1.807) is 6.92 Å². The van der Waals surface area contributed by atoms with Crippen LogP contribution < -0.4 is 0 Å². The molecule has 3 heteroatoms. The number of ether oxygens (including phenoxy) is 2. The molecule has 0 fully saturated rings. The summed E-state index contributed by atoms with van der Waals surface area (Å²) in [5.41, 5.74) is 2.05. The van der Waals surface area contributed by atoms with Crippen molar-refractivity contribution in [2.24, 2.45) is 0 Å². The van der Waals surface area contributed by atoms with Gasteiger partial charge in [-0.3, -0.25) is 4.79 Å². The van der Waals surface area contributed by atoms with Crippen molar-refractivity contribution in [1.82, 2.24) is 0 Å². The van der Waals surface area contributed by atoms with E-state index in [1.807, 2.05) is 60.7 Å². The third-order valence-corrected chi connectivity index (χ3v) is 2.78. The number of carbonyl (C=O) groups excluding carboxylic acids is 1. The molecule has 0 N–H and O–H groups in total. The predicted molar refractivity (Wildman–Crippen MR) is 72.4 cm³/mol. The van der Waals surface area contributed by atoms with Crippen molar-refractivity contribution in [2.45, 2.75) is 19.3 Å². The second-order valence-corrected chi connectivity index (χ2v) is 4.14. The maximum absolute atomic E-state index is 10.4. The molecule has 0 bridgehead atoms. The maximum Gasteiger partial charge on any atom is 0.295 e. The molecular weight excluding hydrogens is 240 g/mol. The zero-order valence-electron chi connectivity index (χ0n) is 10.7. The van der Waals surface area contributed by atoms with E-state index in [0.717, 1.165) is 11.1 Å². The zero-order valence-corrected chi connectivity index (χ0v) is 10.7. The lowest BCUT2D eigenvalue weighted by molar-refractivity contribution is -0.167. The highest BCUT2D eigenvalue weighted by Gasteiger charge is 2.17. The molecule has 1 unspecified atom stereocenters. The fourth-order valence-corrected chi connectivity index (χ4v) is 1.91. The molecule has 0 saturated heterocycles. The topological polar surface area (TPSA) is 35.5 Å². The monoisotopic (exact) mass is 256 g/mol. The Morgan fingerprint density at radius 3 is 1.79 bits per heavy atom. The second kappa shape index (κ2) is 6.71. The van der Waals surface area contributed by atoms with Gasteiger partial charge < -0.3 is 9.47 Å². The molecule has 0 aliphatic rings. The van der Waals surface area contributed by atoms with Gasteiger partial charge in [0.15, 0.2) is 0 Å². The minimum absolute atomic E-state index is 0.252. The van der Waals surface area contributed by atoms with Gasteiger partial charge in [0.25, 0.3) is 6.47 Å². The van der Waals surface area contributed by atoms with Crippen LogP contribution in [0.3, 0.4) is 0 Å². The summed E-state index contributed by atoms with van der Waals surface area (Å²) in [6.07, 6.45) is -0.847. The molecule has 0 aliphatic carbocycles. The van der Waals surface area contributed by atoms with Gasteiger partial charge in [0.2, 0.25) is 6.29 Å². The first-order valence-corrected chi connectivity index (χ1v) is 6.15. The average molecular weight is 256 g/mol. The second-order valence-electron chi connectivity index (χ2n) is 4.14. The quantitative estimate of drug-likeness (QED) is 0.587. The molecule has 2 aromatic carbocycles. The smallest absolute Gasteiger partial charge is 0.295 e. The average Bonchev–Trinajstić information content (AvgIpc) is 2.47. The van der Waals surface area contributed by atoms with Gasteiger partial charge in [-0.05, 0) is 18.1 Å². The molecule has 2 rings (SSSR count). The third kappa shape index (κ3) is 3.66. The fraction of sp³-hybridized carbons (Fsp3) is 0.188. The van der Waals surface area contributed by atoms with E-state index in [0.29, 0.717) is 6.47 Å². The van der Waals surface area contributed by atoms with Crippen molar-refractivity contribution < 1.29 is 14.3 Å². The highest BCUT2D eigenvalue weighted by atomic mass is 16.7. The Bertz CT molecular complexity index is 456. The van der Waals surface area contributed by atoms with E-state index >= 15 is 0 Å². The Labute approximate surface area is 112 Å². The number of rotatable bonds is 6. The molecule has 3 nitrogen and oxygen atoms in total. The molecular formula is C16H16O3. The SMILES string of the molecule is CC(OC=O)OC(c1ccccc1)c1ccccc1. The van der Waals surface area contributed by atoms with E-state index in [9.17, 15) is 4.79 Å². The van der Waals surface area contributed by atoms with E-state index in [1.165, 1.54) is 0 Å². The van der Waals surface area contributed by atoms with Crippen LogP contribution in [-0.4, -0.2) is 12.8 Å². The Kier molecular flexibility index (Phi) is 4.70. The van der Waals surface area contributed by atoms with E-state index in [-0.39, 0.29) is 6.10 Å². The molecule has 0 aliphatic heterocycles. The molecule has 0 amide bonds. The summed E-state index contributed by atoms with van der Waals surface area (Å²) in [7, 11) is 0. The summed E-state index contributed by atoms with van der Waals surface area (Å²) < 4.78 is 10.6. The number of benzene rings is 2. The van der Waals surface area contributed by atoms with Gasteiger partial charge in [0, 0.05) is 0 Å². The van der Waals surface area contributed by atoms with Crippen LogP contribution in [0.5, 0.6) is 0 Å². The zero-order chi connectivity index (χ0) is 13.5. The first-order valence-electron chi connectivity index (χ1n) is 6.15. The lowest BCUT2D eigenvalue weighted by Gasteiger charge is -2.22. The van der Waals surface area contributed by atoms with Gasteiger partial charge in [-0.2, -0.15) is 0 Å². The fourth-order valence-electron chi connectivity index (χ4n) is 1.91. The molecule has 98 valence electrons. The molecule has 1 atom stereocenters. The highest BCUT2D eigenvalue weighted by Crippen LogP contribution is 2.27. The molecule has 2 aromatic rings. The first-order chi connectivity index (χ1) is 9.31. The number of hydrogen-bond donors (Lipinski definition) is 0. The summed E-state index contributed by atoms with van der Waals surface area (Å²) in [6, 6.07) is 19.7. The van der Waals surface area contributed by atoms with Crippen LogP contribution in [0.4, 0.5) is 0 Å². The van der Waals surface area contributed by atoms with E-state index in [4.69, 9.17) is 9.47 Å². The maximum atomic E-state index is 10.4. The summed E-state index contributed by atoms with van der Waals surface area (Å²) in [5.74, 6) is 0. The van der Waals surface area contributed by atoms with Gasteiger partial charge in [-0.1, -0.05) is 60.7 Å². The Morgan fingerprint density at radius 1 is 0.895 bits per heavy atom. The van der Waals surface area contributed by atoms with Crippen molar-refractivity contribution in [2.75, 3.05) is 0 Å². The van der Waals surface area contributed by atoms with Crippen molar-refractivity contribution in [1.29, 1.82) is 0 Å². The Hall–Kier alpha value is -2.13. The predicted octanol–water partition coefficient (Wildman–Crippen LogP) is 3.31. The summed E-state index contributed by atoms with van der Waals surface area (Å²) >= 11 is 0. The van der Waals surface area contributed by atoms with Crippen LogP contribution in [0.1, 0.15) is 24.2 Å². The molecule has 0 spiro atoms. The molecule has 19 heavy (non-hydrogen) atoms. The van der Waals surface area contributed by atoms with Gasteiger partial charge in [0.1, 0.15) is 6.10 Å². The summed E-state index contributed by atoms with van der Waals surface area (Å²) in [4.78, 5) is 10.4. The standard InChI is InChI=1S/C16H16O3/c1-13(18-12-17)19-16(14-8-4-2-5-9-14)15-10-6-3-7-11-15/h2-13,16H,1H3. The molecule has 0 saturated carbocycles. The number of carbonyl (C=O) groups is 1. The summed E-state index contributed by atoms with van der Waals surface area (Å²) in [5, 5.41) is 0. The molecule has 0 radical (unpaired) electrons. The van der Waals surface area contributed by atoms with E-state index in [2.05, 4.69) is 0 Å². The van der Waals surface area contributed by atoms with Crippen molar-refractivity contribution >= 4 is 6.47 Å². The van der Waals surface area contributed by atoms with Crippen LogP contribution in [-0.2, 0) is 14.3 Å². The van der Waals surface area contributed by atoms with Crippen molar-refractivity contribution in [3.05, 3.63) is 71.8 Å². The minimum atomic E-state index is -0.595. The first kappa shape index (κ1) is 13.3. The van der Waals surface area contributed by atoms with E-state index < -0.39 is 6.29 Å². The minimum Gasteiger partial charge on any atom is -0.438 e. The summed E-state index contributed by atoms with van der Waals surface area (Å²) in [6.45, 7) is 2.10. The molecule has 0 heterocycles. The van der Waals surface area contributed by atoms with Gasteiger partial charge in [0.05, 0.1) is 0 Å². The van der Waals surface area contributed by atoms with Crippen LogP contribution in [0.15, 0.2) is 60.7 Å². The van der Waals surface area contributed by atoms with Crippen LogP contribution in [0, 0.1) is 0 Å². The van der Waals surface area contributed by atoms with Gasteiger partial charge in [-0.25, -0.2) is 0 Å². The number of hydrogen-bond acceptors (Lipinski definition) is 3. The third-order valence-electron chi connectivity index (χ3n) is 2.78.